The fourth-order valence-corrected chi connectivity index (χ4v) is 2.37. The summed E-state index contributed by atoms with van der Waals surface area (Å²) in [4.78, 5) is 0. The normalized spacial score (nSPS) is 10.3. The number of halogens is 1. The Morgan fingerprint density at radius 2 is 1.95 bits per heavy atom. The summed E-state index contributed by atoms with van der Waals surface area (Å²) < 4.78 is 5.38. The van der Waals surface area contributed by atoms with E-state index in [1.54, 1.807) is 7.11 Å². The molecular formula is C16H18ClNO. The van der Waals surface area contributed by atoms with Crippen LogP contribution < -0.4 is 10.1 Å². The van der Waals surface area contributed by atoms with Gasteiger partial charge in [-0.3, -0.25) is 0 Å². The molecule has 0 spiro atoms. The number of aryl methyl sites for hydroxylation is 2. The Morgan fingerprint density at radius 3 is 2.63 bits per heavy atom. The largest absolute Gasteiger partial charge is 0.496 e. The van der Waals surface area contributed by atoms with E-state index in [0.29, 0.717) is 6.54 Å². The minimum atomic E-state index is 0.690. The van der Waals surface area contributed by atoms with E-state index in [2.05, 4.69) is 18.3 Å². The smallest absolute Gasteiger partial charge is 0.123 e. The maximum atomic E-state index is 6.21. The molecule has 0 fully saturated rings. The van der Waals surface area contributed by atoms with Crippen molar-refractivity contribution in [1.82, 2.24) is 0 Å². The Hall–Kier alpha value is -1.67. The molecule has 2 rings (SSSR count). The summed E-state index contributed by atoms with van der Waals surface area (Å²) in [7, 11) is 1.69. The van der Waals surface area contributed by atoms with Crippen molar-refractivity contribution in [1.29, 1.82) is 0 Å². The SMILES string of the molecule is COc1ccc(C)cc1CNc1c(C)cccc1Cl. The highest BCUT2D eigenvalue weighted by atomic mass is 35.5. The van der Waals surface area contributed by atoms with Gasteiger partial charge in [0, 0.05) is 12.1 Å². The van der Waals surface area contributed by atoms with Crippen molar-refractivity contribution in [2.24, 2.45) is 0 Å². The first-order valence-electron chi connectivity index (χ1n) is 6.24. The van der Waals surface area contributed by atoms with Gasteiger partial charge in [0.1, 0.15) is 5.75 Å². The fourth-order valence-electron chi connectivity index (χ4n) is 2.08. The molecule has 2 aromatic rings. The third-order valence-electron chi connectivity index (χ3n) is 3.11. The van der Waals surface area contributed by atoms with Crippen LogP contribution in [0, 0.1) is 13.8 Å². The first kappa shape index (κ1) is 13.8. The molecule has 0 saturated heterocycles. The van der Waals surface area contributed by atoms with E-state index in [0.717, 1.165) is 27.6 Å². The van der Waals surface area contributed by atoms with Gasteiger partial charge in [-0.1, -0.05) is 41.4 Å². The predicted molar refractivity (Wildman–Crippen MR) is 81.2 cm³/mol. The van der Waals surface area contributed by atoms with E-state index < -0.39 is 0 Å². The van der Waals surface area contributed by atoms with Crippen molar-refractivity contribution in [3.8, 4) is 5.75 Å². The minimum Gasteiger partial charge on any atom is -0.496 e. The third kappa shape index (κ3) is 3.21. The zero-order valence-electron chi connectivity index (χ0n) is 11.5. The van der Waals surface area contributed by atoms with Gasteiger partial charge >= 0.3 is 0 Å². The van der Waals surface area contributed by atoms with Gasteiger partial charge < -0.3 is 10.1 Å². The fraction of sp³-hybridized carbons (Fsp3) is 0.250. The molecule has 0 aliphatic carbocycles. The van der Waals surface area contributed by atoms with Crippen molar-refractivity contribution in [3.63, 3.8) is 0 Å². The maximum absolute atomic E-state index is 6.21. The molecule has 0 amide bonds. The van der Waals surface area contributed by atoms with Crippen molar-refractivity contribution >= 4 is 17.3 Å². The van der Waals surface area contributed by atoms with Gasteiger partial charge in [0.25, 0.3) is 0 Å². The molecule has 0 aliphatic heterocycles. The lowest BCUT2D eigenvalue weighted by Crippen LogP contribution is -2.04. The second-order valence-electron chi connectivity index (χ2n) is 4.60. The second-order valence-corrected chi connectivity index (χ2v) is 5.01. The highest BCUT2D eigenvalue weighted by Gasteiger charge is 2.06. The summed E-state index contributed by atoms with van der Waals surface area (Å²) in [6.07, 6.45) is 0. The number of para-hydroxylation sites is 1. The van der Waals surface area contributed by atoms with E-state index in [-0.39, 0.29) is 0 Å². The van der Waals surface area contributed by atoms with Crippen LogP contribution in [0.15, 0.2) is 36.4 Å². The molecule has 3 heteroatoms. The third-order valence-corrected chi connectivity index (χ3v) is 3.43. The Balaban J connectivity index is 2.21. The van der Waals surface area contributed by atoms with Crippen LogP contribution in [-0.2, 0) is 6.54 Å². The van der Waals surface area contributed by atoms with Crippen molar-refractivity contribution in [3.05, 3.63) is 58.1 Å². The van der Waals surface area contributed by atoms with E-state index in [1.807, 2.05) is 37.3 Å². The van der Waals surface area contributed by atoms with Crippen LogP contribution in [-0.4, -0.2) is 7.11 Å². The van der Waals surface area contributed by atoms with Crippen LogP contribution in [0.3, 0.4) is 0 Å². The van der Waals surface area contributed by atoms with Crippen molar-refractivity contribution < 1.29 is 4.74 Å². The van der Waals surface area contributed by atoms with Gasteiger partial charge in [-0.25, -0.2) is 0 Å². The molecule has 100 valence electrons. The van der Waals surface area contributed by atoms with E-state index >= 15 is 0 Å². The van der Waals surface area contributed by atoms with Crippen LogP contribution in [0.2, 0.25) is 5.02 Å². The molecule has 2 nitrogen and oxygen atoms in total. The number of anilines is 1. The van der Waals surface area contributed by atoms with Crippen LogP contribution in [0.5, 0.6) is 5.75 Å². The Bertz CT molecular complexity index is 561. The Kier molecular flexibility index (Phi) is 4.33. The summed E-state index contributed by atoms with van der Waals surface area (Å²) in [5.74, 6) is 0.891. The Labute approximate surface area is 119 Å². The average Bonchev–Trinajstić information content (AvgIpc) is 2.38. The van der Waals surface area contributed by atoms with Gasteiger partial charge in [0.05, 0.1) is 17.8 Å². The second kappa shape index (κ2) is 5.98. The maximum Gasteiger partial charge on any atom is 0.123 e. The van der Waals surface area contributed by atoms with E-state index in [9.17, 15) is 0 Å². The average molecular weight is 276 g/mol. The molecule has 0 bridgehead atoms. The van der Waals surface area contributed by atoms with Crippen LogP contribution in [0.25, 0.3) is 0 Å². The molecule has 0 saturated carbocycles. The van der Waals surface area contributed by atoms with Crippen molar-refractivity contribution in [2.45, 2.75) is 20.4 Å². The number of methoxy groups -OCH3 is 1. The summed E-state index contributed by atoms with van der Waals surface area (Å²) in [5.41, 5.74) is 4.46. The first-order chi connectivity index (χ1) is 9.11. The molecule has 0 unspecified atom stereocenters. The minimum absolute atomic E-state index is 0.690. The quantitative estimate of drug-likeness (QED) is 0.882. The van der Waals surface area contributed by atoms with Gasteiger partial charge in [-0.15, -0.1) is 0 Å². The zero-order valence-corrected chi connectivity index (χ0v) is 12.2. The molecule has 0 aromatic heterocycles. The van der Waals surface area contributed by atoms with Crippen LogP contribution in [0.1, 0.15) is 16.7 Å². The first-order valence-corrected chi connectivity index (χ1v) is 6.62. The number of nitrogens with one attached hydrogen (secondary N) is 1. The molecule has 0 radical (unpaired) electrons. The molecule has 0 atom stereocenters. The van der Waals surface area contributed by atoms with Gasteiger partial charge in [-0.05, 0) is 31.5 Å². The molecule has 0 heterocycles. The zero-order chi connectivity index (χ0) is 13.8. The summed E-state index contributed by atoms with van der Waals surface area (Å²) in [6, 6.07) is 12.1. The Morgan fingerprint density at radius 1 is 1.16 bits per heavy atom. The number of ether oxygens (including phenoxy) is 1. The van der Waals surface area contributed by atoms with Gasteiger partial charge in [0.2, 0.25) is 0 Å². The topological polar surface area (TPSA) is 21.3 Å². The van der Waals surface area contributed by atoms with Crippen molar-refractivity contribution in [2.75, 3.05) is 12.4 Å². The van der Waals surface area contributed by atoms with Crippen LogP contribution >= 0.6 is 11.6 Å². The number of hydrogen-bond acceptors (Lipinski definition) is 2. The molecular weight excluding hydrogens is 258 g/mol. The number of hydrogen-bond donors (Lipinski definition) is 1. The van der Waals surface area contributed by atoms with Crippen LogP contribution in [0.4, 0.5) is 5.69 Å². The highest BCUT2D eigenvalue weighted by molar-refractivity contribution is 6.33. The number of rotatable bonds is 4. The standard InChI is InChI=1S/C16H18ClNO/c1-11-7-8-15(19-3)13(9-11)10-18-16-12(2)5-4-6-14(16)17/h4-9,18H,10H2,1-3H3. The van der Waals surface area contributed by atoms with Gasteiger partial charge in [0.15, 0.2) is 0 Å². The molecule has 1 N–H and O–H groups in total. The lowest BCUT2D eigenvalue weighted by Gasteiger charge is -2.14. The summed E-state index contributed by atoms with van der Waals surface area (Å²) in [5, 5.41) is 4.13. The van der Waals surface area contributed by atoms with E-state index in [4.69, 9.17) is 16.3 Å². The molecule has 2 aromatic carbocycles. The number of benzene rings is 2. The summed E-state index contributed by atoms with van der Waals surface area (Å²) >= 11 is 6.21. The lowest BCUT2D eigenvalue weighted by molar-refractivity contribution is 0.410. The lowest BCUT2D eigenvalue weighted by atomic mass is 10.1. The predicted octanol–water partition coefficient (Wildman–Crippen LogP) is 4.58. The highest BCUT2D eigenvalue weighted by Crippen LogP contribution is 2.27. The van der Waals surface area contributed by atoms with E-state index in [1.165, 1.54) is 5.56 Å². The molecule has 19 heavy (non-hydrogen) atoms. The summed E-state index contributed by atoms with van der Waals surface area (Å²) in [6.45, 7) is 4.81. The monoisotopic (exact) mass is 275 g/mol. The molecule has 0 aliphatic rings. The van der Waals surface area contributed by atoms with Gasteiger partial charge in [-0.2, -0.15) is 0 Å².